The predicted octanol–water partition coefficient (Wildman–Crippen LogP) is 2.83. The fraction of sp³-hybridized carbons (Fsp3) is 0.368. The van der Waals surface area contributed by atoms with Gasteiger partial charge in [0.25, 0.3) is 5.56 Å². The number of hydrogen-bond acceptors (Lipinski definition) is 7. The Labute approximate surface area is 159 Å². The van der Waals surface area contributed by atoms with Crippen LogP contribution in [0.4, 0.5) is 5.82 Å². The van der Waals surface area contributed by atoms with Crippen molar-refractivity contribution in [2.24, 2.45) is 0 Å². The maximum atomic E-state index is 12.5. The molecule has 2 aliphatic carbocycles. The molecule has 2 aromatic rings. The number of carbonyl (C=O) groups is 1. The van der Waals surface area contributed by atoms with Gasteiger partial charge < -0.3 is 10.5 Å². The number of rotatable bonds is 3. The lowest BCUT2D eigenvalue weighted by atomic mass is 9.90. The van der Waals surface area contributed by atoms with Crippen molar-refractivity contribution in [1.29, 1.82) is 0 Å². The molecule has 0 atom stereocenters. The van der Waals surface area contributed by atoms with Crippen LogP contribution in [-0.2, 0) is 9.53 Å². The van der Waals surface area contributed by atoms with E-state index in [-0.39, 0.29) is 22.9 Å². The van der Waals surface area contributed by atoms with Crippen LogP contribution in [0.25, 0.3) is 11.0 Å². The van der Waals surface area contributed by atoms with E-state index in [2.05, 4.69) is 10.1 Å². The highest BCUT2D eigenvalue weighted by Gasteiger charge is 2.22. The first kappa shape index (κ1) is 17.7. The molecule has 0 bridgehead atoms. The summed E-state index contributed by atoms with van der Waals surface area (Å²) in [6.07, 6.45) is 12.1. The summed E-state index contributed by atoms with van der Waals surface area (Å²) in [7, 11) is 1.43. The molecular weight excluding hydrogens is 364 g/mol. The van der Waals surface area contributed by atoms with E-state index in [1.165, 1.54) is 43.8 Å². The monoisotopic (exact) mass is 384 g/mol. The molecule has 8 heteroatoms. The van der Waals surface area contributed by atoms with Crippen molar-refractivity contribution < 1.29 is 9.53 Å². The molecule has 0 aliphatic heterocycles. The lowest BCUT2D eigenvalue weighted by Crippen LogP contribution is -2.17. The van der Waals surface area contributed by atoms with E-state index in [0.717, 1.165) is 17.8 Å². The van der Waals surface area contributed by atoms with Gasteiger partial charge in [-0.3, -0.25) is 9.59 Å². The number of nitrogens with two attached hydrogens (primary N) is 1. The van der Waals surface area contributed by atoms with Gasteiger partial charge in [-0.2, -0.15) is 14.6 Å². The van der Waals surface area contributed by atoms with Gasteiger partial charge in [-0.15, -0.1) is 0 Å². The maximum Gasteiger partial charge on any atom is 0.283 e. The third-order valence-corrected chi connectivity index (χ3v) is 6.03. The number of aromatic nitrogens is 3. The second-order valence-electron chi connectivity index (χ2n) is 6.74. The molecule has 0 radical (unpaired) electrons. The van der Waals surface area contributed by atoms with Gasteiger partial charge in [-0.05, 0) is 36.6 Å². The Hall–Kier alpha value is -2.74. The quantitative estimate of drug-likeness (QED) is 0.873. The summed E-state index contributed by atoms with van der Waals surface area (Å²) in [5.74, 6) is 0.670. The van der Waals surface area contributed by atoms with E-state index in [1.807, 2.05) is 0 Å². The van der Waals surface area contributed by atoms with Crippen LogP contribution in [0.5, 0.6) is 0 Å². The number of anilines is 1. The first-order valence-electron chi connectivity index (χ1n) is 8.96. The second kappa shape index (κ2) is 7.11. The molecule has 2 N–H and O–H groups in total. The molecule has 7 nitrogen and oxygen atoms in total. The Kier molecular flexibility index (Phi) is 4.65. The molecule has 2 aliphatic rings. The van der Waals surface area contributed by atoms with Crippen LogP contribution in [0, 0.1) is 0 Å². The van der Waals surface area contributed by atoms with Crippen molar-refractivity contribution in [3.05, 3.63) is 50.5 Å². The summed E-state index contributed by atoms with van der Waals surface area (Å²) in [5, 5.41) is 5.63. The number of allylic oxidation sites excluding steroid dienone is 4. The Bertz CT molecular complexity index is 1050. The van der Waals surface area contributed by atoms with Gasteiger partial charge in [0.2, 0.25) is 10.7 Å². The summed E-state index contributed by atoms with van der Waals surface area (Å²) in [6.45, 7) is 0. The molecule has 1 fully saturated rings. The van der Waals surface area contributed by atoms with E-state index in [1.54, 1.807) is 22.7 Å². The SMILES string of the molecule is COC1=C/C(=C/c2c(N)n3nc(C4CCCCC4)sc3nc2=O)C=CC1=O. The Morgan fingerprint density at radius 1 is 1.26 bits per heavy atom. The van der Waals surface area contributed by atoms with Gasteiger partial charge in [0.15, 0.2) is 5.76 Å². The van der Waals surface area contributed by atoms with Crippen LogP contribution in [0.1, 0.15) is 48.6 Å². The fourth-order valence-corrected chi connectivity index (χ4v) is 4.55. The molecule has 0 amide bonds. The minimum absolute atomic E-state index is 0.213. The third kappa shape index (κ3) is 3.32. The molecule has 2 aromatic heterocycles. The maximum absolute atomic E-state index is 12.5. The molecule has 27 heavy (non-hydrogen) atoms. The summed E-state index contributed by atoms with van der Waals surface area (Å²) < 4.78 is 6.61. The van der Waals surface area contributed by atoms with Crippen molar-refractivity contribution in [1.82, 2.24) is 14.6 Å². The third-order valence-electron chi connectivity index (χ3n) is 4.96. The Morgan fingerprint density at radius 2 is 2.04 bits per heavy atom. The zero-order chi connectivity index (χ0) is 19.0. The number of nitrogen functional groups attached to an aromatic ring is 1. The predicted molar refractivity (Wildman–Crippen MR) is 105 cm³/mol. The number of fused-ring (bicyclic) bond motifs is 1. The first-order valence-corrected chi connectivity index (χ1v) is 9.77. The van der Waals surface area contributed by atoms with Crippen molar-refractivity contribution in [3.63, 3.8) is 0 Å². The number of methoxy groups -OCH3 is 1. The number of hydrogen-bond donors (Lipinski definition) is 1. The van der Waals surface area contributed by atoms with Crippen LogP contribution >= 0.6 is 11.3 Å². The Balaban J connectivity index is 1.77. The number of nitrogens with zero attached hydrogens (tertiary/aromatic N) is 3. The molecule has 0 saturated heterocycles. The van der Waals surface area contributed by atoms with E-state index >= 15 is 0 Å². The van der Waals surface area contributed by atoms with Crippen molar-refractivity contribution >= 4 is 34.0 Å². The van der Waals surface area contributed by atoms with Gasteiger partial charge in [-0.25, -0.2) is 0 Å². The first-order chi connectivity index (χ1) is 13.1. The fourth-order valence-electron chi connectivity index (χ4n) is 3.49. The molecule has 0 aromatic carbocycles. The zero-order valence-corrected chi connectivity index (χ0v) is 15.8. The average molecular weight is 384 g/mol. The van der Waals surface area contributed by atoms with Gasteiger partial charge in [0.05, 0.1) is 12.7 Å². The second-order valence-corrected chi connectivity index (χ2v) is 7.73. The topological polar surface area (TPSA) is 99.6 Å². The molecule has 4 rings (SSSR count). The molecule has 0 spiro atoms. The lowest BCUT2D eigenvalue weighted by molar-refractivity contribution is -0.114. The van der Waals surface area contributed by atoms with Crippen molar-refractivity contribution in [2.75, 3.05) is 12.8 Å². The van der Waals surface area contributed by atoms with Crippen LogP contribution < -0.4 is 11.3 Å². The van der Waals surface area contributed by atoms with Crippen LogP contribution in [0.2, 0.25) is 0 Å². The van der Waals surface area contributed by atoms with Crippen LogP contribution in [0.15, 0.2) is 34.4 Å². The summed E-state index contributed by atoms with van der Waals surface area (Å²) in [5.41, 5.74) is 6.74. The van der Waals surface area contributed by atoms with E-state index in [4.69, 9.17) is 10.5 Å². The average Bonchev–Trinajstić information content (AvgIpc) is 3.11. The standard InChI is InChI=1S/C19H20N4O3S/c1-26-15-10-11(7-8-14(15)24)9-13-16(20)23-19(21-17(13)25)27-18(22-23)12-5-3-2-4-6-12/h7-10,12H,2-6,20H2,1H3/b11-9+. The summed E-state index contributed by atoms with van der Waals surface area (Å²) >= 11 is 1.44. The molecular formula is C19H20N4O3S. The zero-order valence-electron chi connectivity index (χ0n) is 15.0. The van der Waals surface area contributed by atoms with Gasteiger partial charge in [0.1, 0.15) is 10.8 Å². The normalized spacial score (nSPS) is 19.7. The van der Waals surface area contributed by atoms with Crippen LogP contribution in [-0.4, -0.2) is 27.5 Å². The minimum atomic E-state index is -0.406. The summed E-state index contributed by atoms with van der Waals surface area (Å²) in [6, 6.07) is 0. The van der Waals surface area contributed by atoms with Crippen molar-refractivity contribution in [3.8, 4) is 0 Å². The van der Waals surface area contributed by atoms with Gasteiger partial charge in [0, 0.05) is 5.92 Å². The Morgan fingerprint density at radius 3 is 2.78 bits per heavy atom. The van der Waals surface area contributed by atoms with Gasteiger partial charge in [-0.1, -0.05) is 36.7 Å². The number of ketones is 1. The van der Waals surface area contributed by atoms with E-state index in [0.29, 0.717) is 16.5 Å². The smallest absolute Gasteiger partial charge is 0.283 e. The molecule has 2 heterocycles. The van der Waals surface area contributed by atoms with E-state index < -0.39 is 5.56 Å². The molecule has 1 saturated carbocycles. The highest BCUT2D eigenvalue weighted by atomic mass is 32.1. The lowest BCUT2D eigenvalue weighted by Gasteiger charge is -2.18. The largest absolute Gasteiger partial charge is 0.493 e. The minimum Gasteiger partial charge on any atom is -0.493 e. The number of carbonyl (C=O) groups excluding carboxylic acids is 1. The highest BCUT2D eigenvalue weighted by Crippen LogP contribution is 2.35. The molecule has 0 unspecified atom stereocenters. The van der Waals surface area contributed by atoms with Gasteiger partial charge >= 0.3 is 0 Å². The van der Waals surface area contributed by atoms with E-state index in [9.17, 15) is 9.59 Å². The molecule has 140 valence electrons. The van der Waals surface area contributed by atoms with Crippen molar-refractivity contribution in [2.45, 2.75) is 38.0 Å². The highest BCUT2D eigenvalue weighted by molar-refractivity contribution is 7.16. The number of ether oxygens (including phenoxy) is 1. The summed E-state index contributed by atoms with van der Waals surface area (Å²) in [4.78, 5) is 28.9. The van der Waals surface area contributed by atoms with Crippen LogP contribution in [0.3, 0.4) is 0 Å².